The topological polar surface area (TPSA) is 9.23 Å². The van der Waals surface area contributed by atoms with Crippen molar-refractivity contribution in [1.82, 2.24) is 0 Å². The van der Waals surface area contributed by atoms with E-state index in [4.69, 9.17) is 3.07 Å². The predicted molar refractivity (Wildman–Crippen MR) is 80.9 cm³/mol. The van der Waals surface area contributed by atoms with Crippen LogP contribution in [0.4, 0.5) is 0 Å². The molecule has 0 saturated heterocycles. The van der Waals surface area contributed by atoms with Gasteiger partial charge in [0.15, 0.2) is 23.0 Å². The van der Waals surface area contributed by atoms with Gasteiger partial charge in [-0.25, -0.2) is 0 Å². The van der Waals surface area contributed by atoms with Gasteiger partial charge in [-0.3, -0.25) is 0 Å². The van der Waals surface area contributed by atoms with E-state index in [2.05, 4.69) is 39.0 Å². The Kier molecular flexibility index (Phi) is 4.34. The van der Waals surface area contributed by atoms with Crippen LogP contribution < -0.4 is 3.07 Å². The Bertz CT molecular complexity index is 383. The Balaban J connectivity index is 2.35. The lowest BCUT2D eigenvalue weighted by Crippen LogP contribution is -2.18. The Hall–Kier alpha value is -0.250. The van der Waals surface area contributed by atoms with Crippen LogP contribution in [0.25, 0.3) is 0 Å². The lowest BCUT2D eigenvalue weighted by atomic mass is 9.73. The molecule has 0 heterocycles. The highest BCUT2D eigenvalue weighted by Crippen LogP contribution is 2.44. The maximum Gasteiger partial charge on any atom is 0.192 e. The van der Waals surface area contributed by atoms with Crippen molar-refractivity contribution in [2.75, 3.05) is 0 Å². The van der Waals surface area contributed by atoms with Crippen LogP contribution >= 0.6 is 23.0 Å². The summed E-state index contributed by atoms with van der Waals surface area (Å²) in [5, 5.41) is 0. The predicted octanol–water partition coefficient (Wildman–Crippen LogP) is 5.44. The molecule has 1 aliphatic rings. The molecule has 0 amide bonds. The fraction of sp³-hybridized carbons (Fsp3) is 0.600. The quantitative estimate of drug-likeness (QED) is 0.661. The summed E-state index contributed by atoms with van der Waals surface area (Å²) in [5.74, 6) is 3.13. The molecule has 94 valence electrons. The van der Waals surface area contributed by atoms with Gasteiger partial charge in [-0.05, 0) is 41.7 Å². The van der Waals surface area contributed by atoms with Crippen LogP contribution in [-0.4, -0.2) is 0 Å². The first-order valence-corrected chi connectivity index (χ1v) is 7.44. The minimum absolute atomic E-state index is 0.522. The fourth-order valence-electron chi connectivity index (χ4n) is 2.67. The Labute approximate surface area is 119 Å². The highest BCUT2D eigenvalue weighted by molar-refractivity contribution is 14.1. The second-order valence-electron chi connectivity index (χ2n) is 5.48. The molecule has 1 saturated carbocycles. The SMILES string of the molecule is CC(C)c1cccc(C(C)C2CCC2)c1OI. The van der Waals surface area contributed by atoms with Crippen LogP contribution in [0.15, 0.2) is 18.2 Å². The average Bonchev–Trinajstić information content (AvgIpc) is 2.25. The molecule has 1 aliphatic carbocycles. The normalized spacial score (nSPS) is 17.9. The zero-order valence-corrected chi connectivity index (χ0v) is 13.0. The minimum Gasteiger partial charge on any atom is -0.427 e. The van der Waals surface area contributed by atoms with E-state index in [0.717, 1.165) is 11.7 Å². The summed E-state index contributed by atoms with van der Waals surface area (Å²) in [4.78, 5) is 0. The van der Waals surface area contributed by atoms with Crippen LogP contribution in [0.5, 0.6) is 5.75 Å². The van der Waals surface area contributed by atoms with Crippen molar-refractivity contribution in [3.63, 3.8) is 0 Å². The van der Waals surface area contributed by atoms with Gasteiger partial charge in [0, 0.05) is 0 Å². The molecule has 1 aromatic carbocycles. The van der Waals surface area contributed by atoms with E-state index in [0.29, 0.717) is 11.8 Å². The molecular formula is C15H21IO. The molecule has 0 aliphatic heterocycles. The van der Waals surface area contributed by atoms with Crippen molar-refractivity contribution >= 4 is 23.0 Å². The number of para-hydroxylation sites is 1. The molecule has 0 bridgehead atoms. The molecule has 1 aromatic rings. The monoisotopic (exact) mass is 344 g/mol. The number of benzene rings is 1. The number of halogens is 1. The third-order valence-electron chi connectivity index (χ3n) is 4.12. The third-order valence-corrected chi connectivity index (χ3v) is 4.56. The molecule has 2 rings (SSSR count). The Morgan fingerprint density at radius 2 is 1.82 bits per heavy atom. The zero-order chi connectivity index (χ0) is 12.4. The summed E-state index contributed by atoms with van der Waals surface area (Å²) >= 11 is 2.02. The largest absolute Gasteiger partial charge is 0.427 e. The molecule has 1 unspecified atom stereocenters. The maximum atomic E-state index is 5.65. The second-order valence-corrected chi connectivity index (χ2v) is 5.92. The van der Waals surface area contributed by atoms with Crippen LogP contribution in [0.1, 0.15) is 63.0 Å². The van der Waals surface area contributed by atoms with Crippen molar-refractivity contribution in [2.24, 2.45) is 5.92 Å². The summed E-state index contributed by atoms with van der Waals surface area (Å²) in [6.45, 7) is 6.81. The van der Waals surface area contributed by atoms with Crippen LogP contribution in [0.2, 0.25) is 0 Å². The highest BCUT2D eigenvalue weighted by Gasteiger charge is 2.28. The maximum absolute atomic E-state index is 5.65. The molecule has 0 N–H and O–H groups in total. The Morgan fingerprint density at radius 3 is 2.29 bits per heavy atom. The molecule has 1 fully saturated rings. The van der Waals surface area contributed by atoms with Gasteiger partial charge < -0.3 is 3.07 Å². The van der Waals surface area contributed by atoms with Gasteiger partial charge in [-0.1, -0.05) is 45.4 Å². The van der Waals surface area contributed by atoms with Crippen LogP contribution in [-0.2, 0) is 0 Å². The fourth-order valence-corrected chi connectivity index (χ4v) is 3.18. The van der Waals surface area contributed by atoms with E-state index in [1.165, 1.54) is 30.4 Å². The number of rotatable bonds is 4. The van der Waals surface area contributed by atoms with Crippen LogP contribution in [0.3, 0.4) is 0 Å². The van der Waals surface area contributed by atoms with Gasteiger partial charge in [-0.15, -0.1) is 0 Å². The zero-order valence-electron chi connectivity index (χ0n) is 10.9. The minimum atomic E-state index is 0.522. The van der Waals surface area contributed by atoms with E-state index in [-0.39, 0.29) is 0 Å². The van der Waals surface area contributed by atoms with Gasteiger partial charge in [0.2, 0.25) is 0 Å². The van der Waals surface area contributed by atoms with Gasteiger partial charge in [0.25, 0.3) is 0 Å². The molecule has 0 radical (unpaired) electrons. The Morgan fingerprint density at radius 1 is 1.18 bits per heavy atom. The van der Waals surface area contributed by atoms with Gasteiger partial charge >= 0.3 is 0 Å². The van der Waals surface area contributed by atoms with Crippen molar-refractivity contribution < 1.29 is 3.07 Å². The van der Waals surface area contributed by atoms with Crippen molar-refractivity contribution in [3.8, 4) is 5.75 Å². The molecule has 0 aromatic heterocycles. The summed E-state index contributed by atoms with van der Waals surface area (Å²) in [6.07, 6.45) is 4.17. The first-order chi connectivity index (χ1) is 8.15. The number of hydrogen-bond donors (Lipinski definition) is 0. The van der Waals surface area contributed by atoms with Gasteiger partial charge in [0.1, 0.15) is 5.75 Å². The molecule has 1 atom stereocenters. The van der Waals surface area contributed by atoms with Gasteiger partial charge in [-0.2, -0.15) is 0 Å². The lowest BCUT2D eigenvalue weighted by molar-refractivity contribution is 0.270. The van der Waals surface area contributed by atoms with E-state index < -0.39 is 0 Å². The smallest absolute Gasteiger partial charge is 0.192 e. The van der Waals surface area contributed by atoms with E-state index in [9.17, 15) is 0 Å². The van der Waals surface area contributed by atoms with Crippen molar-refractivity contribution in [1.29, 1.82) is 0 Å². The van der Waals surface area contributed by atoms with Crippen molar-refractivity contribution in [2.45, 2.75) is 51.9 Å². The van der Waals surface area contributed by atoms with Crippen molar-refractivity contribution in [3.05, 3.63) is 29.3 Å². The first-order valence-electron chi connectivity index (χ1n) is 6.56. The van der Waals surface area contributed by atoms with Gasteiger partial charge in [0.05, 0.1) is 0 Å². The number of hydrogen-bond acceptors (Lipinski definition) is 1. The summed E-state index contributed by atoms with van der Waals surface area (Å²) < 4.78 is 5.65. The summed E-state index contributed by atoms with van der Waals surface area (Å²) in [7, 11) is 0. The van der Waals surface area contributed by atoms with E-state index >= 15 is 0 Å². The first kappa shape index (κ1) is 13.2. The second kappa shape index (κ2) is 5.59. The molecular weight excluding hydrogens is 323 g/mol. The summed E-state index contributed by atoms with van der Waals surface area (Å²) in [6, 6.07) is 6.61. The standard InChI is InChI=1S/C15H21IO/c1-10(2)13-8-5-9-14(15(13)17-16)11(3)12-6-4-7-12/h5,8-12H,4,6-7H2,1-3H3. The molecule has 2 heteroatoms. The van der Waals surface area contributed by atoms with E-state index in [1.807, 2.05) is 23.0 Å². The average molecular weight is 344 g/mol. The van der Waals surface area contributed by atoms with E-state index in [1.54, 1.807) is 0 Å². The molecule has 1 nitrogen and oxygen atoms in total. The third kappa shape index (κ3) is 2.61. The summed E-state index contributed by atoms with van der Waals surface area (Å²) in [5.41, 5.74) is 2.73. The molecule has 0 spiro atoms. The molecule has 17 heavy (non-hydrogen) atoms. The van der Waals surface area contributed by atoms with Crippen LogP contribution in [0, 0.1) is 5.92 Å². The lowest BCUT2D eigenvalue weighted by Gasteiger charge is -2.32. The highest BCUT2D eigenvalue weighted by atomic mass is 127.